The predicted molar refractivity (Wildman–Crippen MR) is 77.0 cm³/mol. The molecule has 1 unspecified atom stereocenters. The van der Waals surface area contributed by atoms with Crippen molar-refractivity contribution in [1.29, 1.82) is 0 Å². The summed E-state index contributed by atoms with van der Waals surface area (Å²) < 4.78 is 5.18. The summed E-state index contributed by atoms with van der Waals surface area (Å²) in [5.74, 6) is -0.0736. The molecule has 0 aliphatic carbocycles. The van der Waals surface area contributed by atoms with Gasteiger partial charge in [-0.05, 0) is 39.2 Å². The van der Waals surface area contributed by atoms with Crippen molar-refractivity contribution in [1.82, 2.24) is 15.0 Å². The smallest absolute Gasteiger partial charge is 0.258 e. The number of piperidine rings is 1. The van der Waals surface area contributed by atoms with Crippen LogP contribution in [0.15, 0.2) is 10.6 Å². The number of hydrogen-bond acceptors (Lipinski definition) is 5. The minimum atomic E-state index is -0.102. The molecule has 3 heterocycles. The van der Waals surface area contributed by atoms with Crippen molar-refractivity contribution in [2.24, 2.45) is 0 Å². The van der Waals surface area contributed by atoms with Gasteiger partial charge < -0.3 is 14.5 Å². The highest BCUT2D eigenvalue weighted by atomic mass is 16.5. The van der Waals surface area contributed by atoms with Gasteiger partial charge in [0.25, 0.3) is 11.6 Å². The van der Waals surface area contributed by atoms with Crippen LogP contribution < -0.4 is 0 Å². The average molecular weight is 289 g/mol. The number of aliphatic hydroxyl groups is 1. The number of amides is 1. The Morgan fingerprint density at radius 1 is 1.48 bits per heavy atom. The van der Waals surface area contributed by atoms with E-state index in [9.17, 15) is 9.90 Å². The first kappa shape index (κ1) is 14.0. The van der Waals surface area contributed by atoms with Crippen molar-refractivity contribution in [3.8, 4) is 0 Å². The van der Waals surface area contributed by atoms with Crippen molar-refractivity contribution in [3.05, 3.63) is 23.0 Å². The fraction of sp³-hybridized carbons (Fsp3) is 0.533. The molecule has 1 saturated heterocycles. The molecule has 21 heavy (non-hydrogen) atoms. The fourth-order valence-corrected chi connectivity index (χ4v) is 3.00. The molecule has 0 radical (unpaired) electrons. The van der Waals surface area contributed by atoms with Gasteiger partial charge in [0, 0.05) is 12.2 Å². The molecule has 2 aromatic heterocycles. The molecule has 1 atom stereocenters. The number of likely N-dealkylation sites (tertiary alicyclic amines) is 1. The summed E-state index contributed by atoms with van der Waals surface area (Å²) in [7, 11) is 0. The maximum atomic E-state index is 12.9. The highest BCUT2D eigenvalue weighted by Crippen LogP contribution is 2.26. The molecular weight excluding hydrogens is 270 g/mol. The van der Waals surface area contributed by atoms with Gasteiger partial charge in [-0.2, -0.15) is 0 Å². The quantitative estimate of drug-likeness (QED) is 0.912. The van der Waals surface area contributed by atoms with Crippen molar-refractivity contribution in [3.63, 3.8) is 0 Å². The van der Waals surface area contributed by atoms with E-state index in [1.807, 2.05) is 6.92 Å². The number of aromatic nitrogens is 2. The molecular formula is C15H19N3O3. The Bertz CT molecular complexity index is 680. The minimum absolute atomic E-state index is 0.00156. The van der Waals surface area contributed by atoms with Crippen LogP contribution >= 0.6 is 0 Å². The fourth-order valence-electron chi connectivity index (χ4n) is 3.00. The van der Waals surface area contributed by atoms with Crippen molar-refractivity contribution in [2.75, 3.05) is 13.2 Å². The molecule has 1 amide bonds. The first-order chi connectivity index (χ1) is 10.1. The van der Waals surface area contributed by atoms with Gasteiger partial charge in [-0.1, -0.05) is 5.16 Å². The number of pyridine rings is 1. The third kappa shape index (κ3) is 2.40. The SMILES string of the molecule is Cc1cc(C(=O)N2CCCCC2CO)c2c(C)noc2n1. The third-order valence-corrected chi connectivity index (χ3v) is 4.07. The average Bonchev–Trinajstić information content (AvgIpc) is 2.86. The van der Waals surface area contributed by atoms with Crippen LogP contribution in [-0.2, 0) is 0 Å². The molecule has 6 nitrogen and oxygen atoms in total. The normalized spacial score (nSPS) is 19.2. The van der Waals surface area contributed by atoms with Gasteiger partial charge in [0.05, 0.1) is 29.3 Å². The summed E-state index contributed by atoms with van der Waals surface area (Å²) in [5.41, 5.74) is 2.35. The lowest BCUT2D eigenvalue weighted by Crippen LogP contribution is -2.45. The first-order valence-corrected chi connectivity index (χ1v) is 7.27. The number of hydrogen-bond donors (Lipinski definition) is 1. The maximum Gasteiger partial charge on any atom is 0.258 e. The van der Waals surface area contributed by atoms with E-state index in [4.69, 9.17) is 4.52 Å². The van der Waals surface area contributed by atoms with Gasteiger partial charge in [0.15, 0.2) is 0 Å². The van der Waals surface area contributed by atoms with Gasteiger partial charge in [-0.15, -0.1) is 0 Å². The molecule has 0 bridgehead atoms. The predicted octanol–water partition coefficient (Wildman–Crippen LogP) is 1.83. The molecule has 6 heteroatoms. The lowest BCUT2D eigenvalue weighted by molar-refractivity contribution is 0.0504. The van der Waals surface area contributed by atoms with E-state index in [1.165, 1.54) is 0 Å². The van der Waals surface area contributed by atoms with Crippen LogP contribution in [0.2, 0.25) is 0 Å². The van der Waals surface area contributed by atoms with Crippen LogP contribution in [0, 0.1) is 13.8 Å². The number of aryl methyl sites for hydroxylation is 2. The zero-order valence-corrected chi connectivity index (χ0v) is 12.3. The van der Waals surface area contributed by atoms with E-state index in [0.717, 1.165) is 25.0 Å². The van der Waals surface area contributed by atoms with Gasteiger partial charge in [0.2, 0.25) is 0 Å². The van der Waals surface area contributed by atoms with Gasteiger partial charge in [0.1, 0.15) is 0 Å². The van der Waals surface area contributed by atoms with Crippen LogP contribution in [0.1, 0.15) is 41.0 Å². The first-order valence-electron chi connectivity index (χ1n) is 7.27. The lowest BCUT2D eigenvalue weighted by Gasteiger charge is -2.34. The number of carbonyl (C=O) groups is 1. The van der Waals surface area contributed by atoms with Gasteiger partial charge in [-0.3, -0.25) is 4.79 Å². The minimum Gasteiger partial charge on any atom is -0.394 e. The second-order valence-electron chi connectivity index (χ2n) is 5.59. The Labute approximate surface area is 122 Å². The lowest BCUT2D eigenvalue weighted by atomic mass is 10.0. The topological polar surface area (TPSA) is 79.5 Å². The zero-order valence-electron chi connectivity index (χ0n) is 12.3. The molecule has 1 N–H and O–H groups in total. The van der Waals surface area contributed by atoms with Crippen LogP contribution in [0.5, 0.6) is 0 Å². The number of carbonyl (C=O) groups excluding carboxylic acids is 1. The molecule has 1 aliphatic rings. The van der Waals surface area contributed by atoms with Gasteiger partial charge in [-0.25, -0.2) is 4.98 Å². The molecule has 1 fully saturated rings. The number of aliphatic hydroxyl groups excluding tert-OH is 1. The zero-order chi connectivity index (χ0) is 15.0. The third-order valence-electron chi connectivity index (χ3n) is 4.07. The van der Waals surface area contributed by atoms with Crippen LogP contribution in [0.25, 0.3) is 11.1 Å². The highest BCUT2D eigenvalue weighted by molar-refractivity contribution is 6.06. The van der Waals surface area contributed by atoms with Crippen LogP contribution in [0.4, 0.5) is 0 Å². The molecule has 3 rings (SSSR count). The van der Waals surface area contributed by atoms with Crippen molar-refractivity contribution < 1.29 is 14.4 Å². The summed E-state index contributed by atoms with van der Waals surface area (Å²) in [5, 5.41) is 14.1. The monoisotopic (exact) mass is 289 g/mol. The van der Waals surface area contributed by atoms with Crippen LogP contribution in [0.3, 0.4) is 0 Å². The summed E-state index contributed by atoms with van der Waals surface area (Å²) in [6, 6.07) is 1.67. The molecule has 0 saturated carbocycles. The number of fused-ring (bicyclic) bond motifs is 1. The van der Waals surface area contributed by atoms with E-state index < -0.39 is 0 Å². The Kier molecular flexibility index (Phi) is 3.63. The van der Waals surface area contributed by atoms with E-state index in [2.05, 4.69) is 10.1 Å². The van der Waals surface area contributed by atoms with Gasteiger partial charge >= 0.3 is 0 Å². The van der Waals surface area contributed by atoms with E-state index in [-0.39, 0.29) is 18.6 Å². The number of rotatable bonds is 2. The summed E-state index contributed by atoms with van der Waals surface area (Å²) >= 11 is 0. The largest absolute Gasteiger partial charge is 0.394 e. The standard InChI is InChI=1S/C15H19N3O3/c1-9-7-12(13-10(2)17-21-14(13)16-9)15(20)18-6-4-3-5-11(18)8-19/h7,11,19H,3-6,8H2,1-2H3. The van der Waals surface area contributed by atoms with E-state index >= 15 is 0 Å². The number of nitrogens with zero attached hydrogens (tertiary/aromatic N) is 3. The Morgan fingerprint density at radius 3 is 3.05 bits per heavy atom. The molecule has 1 aliphatic heterocycles. The Morgan fingerprint density at radius 2 is 2.29 bits per heavy atom. The van der Waals surface area contributed by atoms with E-state index in [1.54, 1.807) is 17.9 Å². The van der Waals surface area contributed by atoms with Crippen LogP contribution in [-0.4, -0.2) is 45.2 Å². The molecule has 112 valence electrons. The molecule has 0 aromatic carbocycles. The molecule has 2 aromatic rings. The summed E-state index contributed by atoms with van der Waals surface area (Å²) in [6.07, 6.45) is 2.86. The summed E-state index contributed by atoms with van der Waals surface area (Å²) in [4.78, 5) is 18.9. The maximum absolute atomic E-state index is 12.9. The Balaban J connectivity index is 2.06. The second-order valence-corrected chi connectivity index (χ2v) is 5.59. The van der Waals surface area contributed by atoms with Crippen molar-refractivity contribution >= 4 is 17.0 Å². The van der Waals surface area contributed by atoms with Crippen molar-refractivity contribution in [2.45, 2.75) is 39.2 Å². The summed E-state index contributed by atoms with van der Waals surface area (Å²) in [6.45, 7) is 4.31. The Hall–Kier alpha value is -1.95. The van der Waals surface area contributed by atoms with E-state index in [0.29, 0.717) is 28.9 Å². The second kappa shape index (κ2) is 5.44. The highest BCUT2D eigenvalue weighted by Gasteiger charge is 2.29. The molecule has 0 spiro atoms.